The number of para-hydroxylation sites is 1. The molecule has 4 rings (SSSR count). The summed E-state index contributed by atoms with van der Waals surface area (Å²) in [6, 6.07) is 23.1. The SMILES string of the molecule is Cc1ccc2cc(CN(C(=O)c3ccccc3C)c3ccccc3C)c(=O)[nH]c2c1. The molecule has 1 amide bonds. The molecule has 30 heavy (non-hydrogen) atoms. The maximum absolute atomic E-state index is 13.6. The van der Waals surface area contributed by atoms with Crippen LogP contribution in [-0.4, -0.2) is 10.9 Å². The van der Waals surface area contributed by atoms with Gasteiger partial charge in [0.25, 0.3) is 11.5 Å². The molecule has 1 aromatic heterocycles. The molecule has 3 aromatic carbocycles. The third kappa shape index (κ3) is 3.77. The minimum Gasteiger partial charge on any atom is -0.322 e. The summed E-state index contributed by atoms with van der Waals surface area (Å²) in [6.45, 7) is 6.08. The van der Waals surface area contributed by atoms with Crippen LogP contribution in [0.4, 0.5) is 5.69 Å². The molecule has 0 radical (unpaired) electrons. The Labute approximate surface area is 175 Å². The number of hydrogen-bond acceptors (Lipinski definition) is 2. The van der Waals surface area contributed by atoms with Gasteiger partial charge in [-0.25, -0.2) is 0 Å². The van der Waals surface area contributed by atoms with Crippen molar-refractivity contribution in [3.05, 3.63) is 111 Å². The van der Waals surface area contributed by atoms with Gasteiger partial charge in [0.15, 0.2) is 0 Å². The molecule has 0 aliphatic carbocycles. The number of aromatic amines is 1. The molecule has 0 fully saturated rings. The van der Waals surface area contributed by atoms with E-state index in [2.05, 4.69) is 4.98 Å². The molecular weight excluding hydrogens is 372 g/mol. The average Bonchev–Trinajstić information content (AvgIpc) is 2.73. The Bertz CT molecular complexity index is 1300. The van der Waals surface area contributed by atoms with E-state index >= 15 is 0 Å². The van der Waals surface area contributed by atoms with Gasteiger partial charge in [-0.1, -0.05) is 48.5 Å². The maximum atomic E-state index is 13.6. The van der Waals surface area contributed by atoms with Crippen molar-refractivity contribution in [2.45, 2.75) is 27.3 Å². The van der Waals surface area contributed by atoms with Gasteiger partial charge < -0.3 is 9.88 Å². The number of H-pyrrole nitrogens is 1. The molecule has 0 saturated heterocycles. The van der Waals surface area contributed by atoms with Gasteiger partial charge in [0.1, 0.15) is 0 Å². The van der Waals surface area contributed by atoms with Crippen LogP contribution in [0.2, 0.25) is 0 Å². The zero-order valence-electron chi connectivity index (χ0n) is 17.4. The van der Waals surface area contributed by atoms with Crippen LogP contribution < -0.4 is 10.5 Å². The summed E-state index contributed by atoms with van der Waals surface area (Å²) in [5.41, 5.74) is 5.58. The lowest BCUT2D eigenvalue weighted by Gasteiger charge is -2.25. The predicted octanol–water partition coefficient (Wildman–Crippen LogP) is 5.30. The first-order valence-corrected chi connectivity index (χ1v) is 10.00. The summed E-state index contributed by atoms with van der Waals surface area (Å²) in [5.74, 6) is -0.120. The van der Waals surface area contributed by atoms with Gasteiger partial charge in [-0.05, 0) is 67.1 Å². The first-order chi connectivity index (χ1) is 14.4. The van der Waals surface area contributed by atoms with E-state index in [0.29, 0.717) is 11.1 Å². The number of anilines is 1. The van der Waals surface area contributed by atoms with E-state index in [1.54, 1.807) is 4.90 Å². The monoisotopic (exact) mass is 396 g/mol. The smallest absolute Gasteiger partial charge is 0.258 e. The summed E-state index contributed by atoms with van der Waals surface area (Å²) < 4.78 is 0. The van der Waals surface area contributed by atoms with Gasteiger partial charge >= 0.3 is 0 Å². The minimum atomic E-state index is -0.177. The number of aromatic nitrogens is 1. The molecular formula is C26H24N2O2. The first kappa shape index (κ1) is 19.6. The van der Waals surface area contributed by atoms with Crippen molar-refractivity contribution in [2.75, 3.05) is 4.90 Å². The highest BCUT2D eigenvalue weighted by Crippen LogP contribution is 2.25. The molecule has 0 unspecified atom stereocenters. The molecule has 0 saturated carbocycles. The predicted molar refractivity (Wildman–Crippen MR) is 122 cm³/mol. The standard InChI is InChI=1S/C26H24N2O2/c1-17-12-13-20-15-21(25(29)27-23(20)14-17)16-28(24-11-7-5-9-19(24)3)26(30)22-10-6-4-8-18(22)2/h4-15H,16H2,1-3H3,(H,27,29). The first-order valence-electron chi connectivity index (χ1n) is 10.00. The zero-order valence-corrected chi connectivity index (χ0v) is 17.4. The molecule has 4 nitrogen and oxygen atoms in total. The molecule has 0 spiro atoms. The van der Waals surface area contributed by atoms with Crippen molar-refractivity contribution >= 4 is 22.5 Å². The van der Waals surface area contributed by atoms with Crippen molar-refractivity contribution in [3.8, 4) is 0 Å². The second-order valence-electron chi connectivity index (χ2n) is 7.71. The van der Waals surface area contributed by atoms with Crippen LogP contribution in [-0.2, 0) is 6.54 Å². The van der Waals surface area contributed by atoms with Crippen molar-refractivity contribution in [1.29, 1.82) is 0 Å². The van der Waals surface area contributed by atoms with Gasteiger partial charge in [-0.15, -0.1) is 0 Å². The largest absolute Gasteiger partial charge is 0.322 e. The third-order valence-electron chi connectivity index (χ3n) is 5.43. The molecule has 4 heteroatoms. The van der Waals surface area contributed by atoms with Crippen molar-refractivity contribution < 1.29 is 4.79 Å². The van der Waals surface area contributed by atoms with Crippen molar-refractivity contribution in [2.24, 2.45) is 0 Å². The zero-order chi connectivity index (χ0) is 21.3. The minimum absolute atomic E-state index is 0.120. The Morgan fingerprint density at radius 2 is 1.57 bits per heavy atom. The number of benzene rings is 3. The van der Waals surface area contributed by atoms with Crippen LogP contribution in [0.3, 0.4) is 0 Å². The second kappa shape index (κ2) is 7.99. The topological polar surface area (TPSA) is 53.2 Å². The normalized spacial score (nSPS) is 10.9. The number of nitrogens with zero attached hydrogens (tertiary/aromatic N) is 1. The molecule has 1 N–H and O–H groups in total. The van der Waals surface area contributed by atoms with Crippen molar-refractivity contribution in [1.82, 2.24) is 4.98 Å². The summed E-state index contributed by atoms with van der Waals surface area (Å²) in [5, 5.41) is 0.947. The average molecular weight is 396 g/mol. The lowest BCUT2D eigenvalue weighted by atomic mass is 10.0. The van der Waals surface area contributed by atoms with Gasteiger partial charge in [0, 0.05) is 22.3 Å². The maximum Gasteiger partial charge on any atom is 0.258 e. The number of hydrogen-bond donors (Lipinski definition) is 1. The van der Waals surface area contributed by atoms with E-state index in [9.17, 15) is 9.59 Å². The van der Waals surface area contributed by atoms with E-state index in [4.69, 9.17) is 0 Å². The lowest BCUT2D eigenvalue weighted by Crippen LogP contribution is -2.33. The van der Waals surface area contributed by atoms with Gasteiger partial charge in [-0.2, -0.15) is 0 Å². The van der Waals surface area contributed by atoms with Crippen LogP contribution >= 0.6 is 0 Å². The highest BCUT2D eigenvalue weighted by atomic mass is 16.2. The van der Waals surface area contributed by atoms with E-state index in [1.807, 2.05) is 93.6 Å². The fourth-order valence-corrected chi connectivity index (χ4v) is 3.74. The number of fused-ring (bicyclic) bond motifs is 1. The van der Waals surface area contributed by atoms with E-state index in [0.717, 1.165) is 33.3 Å². The molecule has 1 heterocycles. The summed E-state index contributed by atoms with van der Waals surface area (Å²) in [4.78, 5) is 31.0. The lowest BCUT2D eigenvalue weighted by molar-refractivity contribution is 0.0984. The molecule has 0 aliphatic rings. The number of pyridine rings is 1. The van der Waals surface area contributed by atoms with Gasteiger partial charge in [0.05, 0.1) is 6.54 Å². The Morgan fingerprint density at radius 1 is 0.867 bits per heavy atom. The van der Waals surface area contributed by atoms with Crippen LogP contribution in [0.1, 0.15) is 32.6 Å². The number of rotatable bonds is 4. The number of carbonyl (C=O) groups excluding carboxylic acids is 1. The highest BCUT2D eigenvalue weighted by Gasteiger charge is 2.22. The Balaban J connectivity index is 1.82. The molecule has 0 aliphatic heterocycles. The van der Waals surface area contributed by atoms with Gasteiger partial charge in [-0.3, -0.25) is 9.59 Å². The summed E-state index contributed by atoms with van der Waals surface area (Å²) in [6.07, 6.45) is 0. The number of nitrogens with one attached hydrogen (secondary N) is 1. The van der Waals surface area contributed by atoms with E-state index in [1.165, 1.54) is 0 Å². The number of amides is 1. The molecule has 0 bridgehead atoms. The molecule has 4 aromatic rings. The number of aryl methyl sites for hydroxylation is 3. The van der Waals surface area contributed by atoms with Crippen LogP contribution in [0.5, 0.6) is 0 Å². The summed E-state index contributed by atoms with van der Waals surface area (Å²) >= 11 is 0. The number of carbonyl (C=O) groups is 1. The highest BCUT2D eigenvalue weighted by molar-refractivity contribution is 6.07. The Morgan fingerprint density at radius 3 is 2.30 bits per heavy atom. The third-order valence-corrected chi connectivity index (χ3v) is 5.43. The molecule has 0 atom stereocenters. The molecule has 150 valence electrons. The fraction of sp³-hybridized carbons (Fsp3) is 0.154. The van der Waals surface area contributed by atoms with Crippen LogP contribution in [0, 0.1) is 20.8 Å². The second-order valence-corrected chi connectivity index (χ2v) is 7.71. The Kier molecular flexibility index (Phi) is 5.23. The van der Waals surface area contributed by atoms with E-state index in [-0.39, 0.29) is 18.0 Å². The summed E-state index contributed by atoms with van der Waals surface area (Å²) in [7, 11) is 0. The van der Waals surface area contributed by atoms with Gasteiger partial charge in [0.2, 0.25) is 0 Å². The quantitative estimate of drug-likeness (QED) is 0.509. The fourth-order valence-electron chi connectivity index (χ4n) is 3.74. The Hall–Kier alpha value is -3.66. The van der Waals surface area contributed by atoms with Crippen molar-refractivity contribution in [3.63, 3.8) is 0 Å². The van der Waals surface area contributed by atoms with E-state index < -0.39 is 0 Å². The van der Waals surface area contributed by atoms with Crippen LogP contribution in [0.25, 0.3) is 10.9 Å². The van der Waals surface area contributed by atoms with Crippen LogP contribution in [0.15, 0.2) is 77.6 Å².